The number of aromatic nitrogens is 3. The summed E-state index contributed by atoms with van der Waals surface area (Å²) >= 11 is 0. The van der Waals surface area contributed by atoms with Crippen LogP contribution in [0, 0.1) is 0 Å². The van der Waals surface area contributed by atoms with Gasteiger partial charge in [-0.25, -0.2) is 9.97 Å². The number of hydrogen-bond donors (Lipinski definition) is 0. The van der Waals surface area contributed by atoms with Crippen LogP contribution in [-0.4, -0.2) is 14.5 Å². The molecule has 55 heavy (non-hydrogen) atoms. The van der Waals surface area contributed by atoms with Gasteiger partial charge < -0.3 is 4.57 Å². The molecule has 0 aliphatic heterocycles. The Hall–Kier alpha value is -7.36. The quantitative estimate of drug-likeness (QED) is 0.167. The van der Waals surface area contributed by atoms with E-state index in [0.29, 0.717) is 5.82 Å². The molecule has 0 aliphatic rings. The topological polar surface area (TPSA) is 30.7 Å². The van der Waals surface area contributed by atoms with Crippen molar-refractivity contribution in [2.75, 3.05) is 0 Å². The van der Waals surface area contributed by atoms with Gasteiger partial charge in [-0.3, -0.25) is 0 Å². The molecule has 0 atom stereocenters. The Labute approximate surface area is 318 Å². The molecule has 256 valence electrons. The van der Waals surface area contributed by atoms with Gasteiger partial charge in [0.25, 0.3) is 0 Å². The normalized spacial score (nSPS) is 11.6. The molecule has 0 spiro atoms. The van der Waals surface area contributed by atoms with Crippen molar-refractivity contribution in [1.82, 2.24) is 14.5 Å². The number of rotatable bonds is 5. The van der Waals surface area contributed by atoms with Crippen molar-refractivity contribution in [2.24, 2.45) is 0 Å². The number of fused-ring (bicyclic) bond motifs is 9. The second-order valence-electron chi connectivity index (χ2n) is 14.2. The molecule has 0 aliphatic carbocycles. The molecule has 2 heterocycles. The van der Waals surface area contributed by atoms with E-state index in [1.807, 2.05) is 24.3 Å². The average molecular weight is 700 g/mol. The summed E-state index contributed by atoms with van der Waals surface area (Å²) in [5.74, 6) is 0.710. The molecule has 0 bridgehead atoms. The van der Waals surface area contributed by atoms with Crippen molar-refractivity contribution in [3.05, 3.63) is 200 Å². The molecule has 0 saturated heterocycles. The molecule has 0 amide bonds. The van der Waals surface area contributed by atoms with Gasteiger partial charge in [0.15, 0.2) is 5.82 Å². The van der Waals surface area contributed by atoms with Gasteiger partial charge in [0.05, 0.1) is 22.4 Å². The van der Waals surface area contributed by atoms with Crippen LogP contribution in [0.4, 0.5) is 0 Å². The predicted octanol–water partition coefficient (Wildman–Crippen LogP) is 13.7. The van der Waals surface area contributed by atoms with Crippen LogP contribution >= 0.6 is 0 Å². The fraction of sp³-hybridized carbons (Fsp3) is 0. The van der Waals surface area contributed by atoms with Crippen LogP contribution in [0.3, 0.4) is 0 Å². The highest BCUT2D eigenvalue weighted by atomic mass is 15.0. The van der Waals surface area contributed by atoms with E-state index < -0.39 is 0 Å². The molecule has 0 N–H and O–H groups in total. The van der Waals surface area contributed by atoms with Gasteiger partial charge in [0.1, 0.15) is 0 Å². The minimum atomic E-state index is 0.710. The fourth-order valence-electron chi connectivity index (χ4n) is 8.39. The van der Waals surface area contributed by atoms with Gasteiger partial charge in [0, 0.05) is 33.2 Å². The van der Waals surface area contributed by atoms with Crippen LogP contribution in [0.5, 0.6) is 0 Å². The smallest absolute Gasteiger partial charge is 0.160 e. The van der Waals surface area contributed by atoms with Crippen LogP contribution in [0.2, 0.25) is 0 Å². The Morgan fingerprint density at radius 3 is 1.45 bits per heavy atom. The summed E-state index contributed by atoms with van der Waals surface area (Å²) < 4.78 is 2.38. The molecule has 2 aromatic heterocycles. The van der Waals surface area contributed by atoms with Crippen molar-refractivity contribution >= 4 is 54.1 Å². The Morgan fingerprint density at radius 2 is 0.764 bits per heavy atom. The zero-order valence-corrected chi connectivity index (χ0v) is 29.9. The van der Waals surface area contributed by atoms with Gasteiger partial charge in [-0.05, 0) is 85.9 Å². The zero-order valence-electron chi connectivity index (χ0n) is 29.9. The van der Waals surface area contributed by atoms with Crippen molar-refractivity contribution < 1.29 is 0 Å². The summed E-state index contributed by atoms with van der Waals surface area (Å²) in [5.41, 5.74) is 10.7. The highest BCUT2D eigenvalue weighted by molar-refractivity contribution is 6.25. The summed E-state index contributed by atoms with van der Waals surface area (Å²) in [5, 5.41) is 10.2. The molecular formula is C52H33N3. The largest absolute Gasteiger partial charge is 0.309 e. The van der Waals surface area contributed by atoms with E-state index in [2.05, 4.69) is 180 Å². The molecule has 11 rings (SSSR count). The zero-order chi connectivity index (χ0) is 36.3. The second-order valence-corrected chi connectivity index (χ2v) is 14.2. The first-order valence-corrected chi connectivity index (χ1v) is 18.7. The minimum absolute atomic E-state index is 0.710. The highest BCUT2D eigenvalue weighted by Gasteiger charge is 2.16. The lowest BCUT2D eigenvalue weighted by atomic mass is 9.92. The third-order valence-corrected chi connectivity index (χ3v) is 11.0. The summed E-state index contributed by atoms with van der Waals surface area (Å²) in [7, 11) is 0. The van der Waals surface area contributed by atoms with Crippen LogP contribution in [0.1, 0.15) is 0 Å². The first kappa shape index (κ1) is 31.2. The Morgan fingerprint density at radius 1 is 0.273 bits per heavy atom. The van der Waals surface area contributed by atoms with Crippen LogP contribution < -0.4 is 0 Å². The monoisotopic (exact) mass is 699 g/mol. The van der Waals surface area contributed by atoms with Crippen molar-refractivity contribution in [3.8, 4) is 50.7 Å². The SMILES string of the molecule is c1ccc(-c2cc(-c3cccc(-n4c5ccccc5c5cc(-c6ccc7c8ccccc8c8ccccc8c7c6)ccc54)c3)nc(-c3ccccc3)n2)cc1. The predicted molar refractivity (Wildman–Crippen MR) is 231 cm³/mol. The molecule has 0 fully saturated rings. The number of hydrogen-bond acceptors (Lipinski definition) is 2. The standard InChI is InChI=1S/C52H33N3/c1-3-14-34(15-4-1)48-33-49(54-52(53-48)35-16-5-2-6-17-35)38-18-13-19-39(30-38)55-50-25-12-11-24-45(50)47-32-37(27-29-51(47)55)36-26-28-44-42-22-8-7-20-40(42)41-21-9-10-23-43(41)46(44)31-36/h1-33H. The van der Waals surface area contributed by atoms with Gasteiger partial charge in [-0.1, -0.05) is 158 Å². The van der Waals surface area contributed by atoms with Crippen LogP contribution in [-0.2, 0) is 0 Å². The molecular weight excluding hydrogens is 667 g/mol. The third-order valence-electron chi connectivity index (χ3n) is 11.0. The first-order chi connectivity index (χ1) is 27.3. The molecule has 0 saturated carbocycles. The van der Waals surface area contributed by atoms with Gasteiger partial charge in [-0.15, -0.1) is 0 Å². The maximum Gasteiger partial charge on any atom is 0.160 e. The van der Waals surface area contributed by atoms with E-state index in [9.17, 15) is 0 Å². The Bertz CT molecular complexity index is 3160. The lowest BCUT2D eigenvalue weighted by Gasteiger charge is -2.13. The highest BCUT2D eigenvalue weighted by Crippen LogP contribution is 2.40. The van der Waals surface area contributed by atoms with Crippen molar-refractivity contribution in [3.63, 3.8) is 0 Å². The van der Waals surface area contributed by atoms with Crippen molar-refractivity contribution in [1.29, 1.82) is 0 Å². The molecule has 3 nitrogen and oxygen atoms in total. The number of para-hydroxylation sites is 1. The van der Waals surface area contributed by atoms with E-state index in [0.717, 1.165) is 39.3 Å². The van der Waals surface area contributed by atoms with E-state index in [4.69, 9.17) is 9.97 Å². The van der Waals surface area contributed by atoms with Gasteiger partial charge in [0.2, 0.25) is 0 Å². The molecule has 0 unspecified atom stereocenters. The molecule has 0 radical (unpaired) electrons. The second kappa shape index (κ2) is 12.6. The Balaban J connectivity index is 1.06. The van der Waals surface area contributed by atoms with Crippen molar-refractivity contribution in [2.45, 2.75) is 0 Å². The maximum atomic E-state index is 5.13. The molecule has 3 heteroatoms. The lowest BCUT2D eigenvalue weighted by molar-refractivity contribution is 1.16. The van der Waals surface area contributed by atoms with E-state index in [1.54, 1.807) is 0 Å². The number of benzene rings is 9. The van der Waals surface area contributed by atoms with Crippen LogP contribution in [0.25, 0.3) is 105 Å². The first-order valence-electron chi connectivity index (χ1n) is 18.7. The third kappa shape index (κ3) is 5.20. The lowest BCUT2D eigenvalue weighted by Crippen LogP contribution is -1.97. The van der Waals surface area contributed by atoms with E-state index in [1.165, 1.54) is 59.7 Å². The van der Waals surface area contributed by atoms with E-state index >= 15 is 0 Å². The average Bonchev–Trinajstić information content (AvgIpc) is 3.60. The molecule has 11 aromatic rings. The number of nitrogens with zero attached hydrogens (tertiary/aromatic N) is 3. The van der Waals surface area contributed by atoms with Gasteiger partial charge in [-0.2, -0.15) is 0 Å². The summed E-state index contributed by atoms with van der Waals surface area (Å²) in [4.78, 5) is 10.1. The summed E-state index contributed by atoms with van der Waals surface area (Å²) in [6, 6.07) is 71.6. The maximum absolute atomic E-state index is 5.13. The van der Waals surface area contributed by atoms with Gasteiger partial charge >= 0.3 is 0 Å². The Kier molecular flexibility index (Phi) is 7.17. The van der Waals surface area contributed by atoms with Crippen LogP contribution in [0.15, 0.2) is 200 Å². The molecule has 9 aromatic carbocycles. The summed E-state index contributed by atoms with van der Waals surface area (Å²) in [6.45, 7) is 0. The fourth-order valence-corrected chi connectivity index (χ4v) is 8.39. The minimum Gasteiger partial charge on any atom is -0.309 e. The summed E-state index contributed by atoms with van der Waals surface area (Å²) in [6.07, 6.45) is 0. The van der Waals surface area contributed by atoms with E-state index in [-0.39, 0.29) is 0 Å².